The van der Waals surface area contributed by atoms with Crippen LogP contribution in [0.25, 0.3) is 0 Å². The second kappa shape index (κ2) is 7.17. The summed E-state index contributed by atoms with van der Waals surface area (Å²) in [6.07, 6.45) is 2.83. The Morgan fingerprint density at radius 2 is 2.15 bits per heavy atom. The summed E-state index contributed by atoms with van der Waals surface area (Å²) in [5.41, 5.74) is 1.48. The first kappa shape index (κ1) is 17.1. The van der Waals surface area contributed by atoms with Crippen LogP contribution in [-0.2, 0) is 10.0 Å². The summed E-state index contributed by atoms with van der Waals surface area (Å²) < 4.78 is 39.8. The summed E-state index contributed by atoms with van der Waals surface area (Å²) >= 11 is 0. The number of sulfonamides is 1. The molecular formula is C13H18ClFN2O2S. The molecule has 1 aliphatic heterocycles. The fourth-order valence-electron chi connectivity index (χ4n) is 2.01. The van der Waals surface area contributed by atoms with Crippen molar-refractivity contribution < 1.29 is 12.8 Å². The molecule has 20 heavy (non-hydrogen) atoms. The van der Waals surface area contributed by atoms with Crippen LogP contribution in [0.1, 0.15) is 12.0 Å². The lowest BCUT2D eigenvalue weighted by Crippen LogP contribution is -2.30. The molecule has 2 rings (SSSR count). The summed E-state index contributed by atoms with van der Waals surface area (Å²) in [5.74, 6) is -0.433. The summed E-state index contributed by atoms with van der Waals surface area (Å²) in [7, 11) is -3.58. The van der Waals surface area contributed by atoms with Crippen molar-refractivity contribution >= 4 is 22.4 Å². The van der Waals surface area contributed by atoms with E-state index in [0.717, 1.165) is 31.1 Å². The SMILES string of the molecule is Cc1cc(F)ccc1S(=O)(=O)NCC1=CCNCC1.Cl. The van der Waals surface area contributed by atoms with Gasteiger partial charge in [-0.2, -0.15) is 0 Å². The maximum atomic E-state index is 13.0. The third-order valence-corrected chi connectivity index (χ3v) is 4.64. The van der Waals surface area contributed by atoms with Crippen LogP contribution < -0.4 is 10.0 Å². The fraction of sp³-hybridized carbons (Fsp3) is 0.385. The first-order chi connectivity index (χ1) is 8.99. The Balaban J connectivity index is 0.00000200. The van der Waals surface area contributed by atoms with E-state index in [1.807, 2.05) is 6.08 Å². The van der Waals surface area contributed by atoms with Crippen LogP contribution in [0.3, 0.4) is 0 Å². The molecule has 7 heteroatoms. The van der Waals surface area contributed by atoms with Crippen LogP contribution in [0.2, 0.25) is 0 Å². The van der Waals surface area contributed by atoms with E-state index in [1.54, 1.807) is 6.92 Å². The van der Waals surface area contributed by atoms with Crippen LogP contribution >= 0.6 is 12.4 Å². The summed E-state index contributed by atoms with van der Waals surface area (Å²) in [6, 6.07) is 3.67. The molecule has 0 amide bonds. The van der Waals surface area contributed by atoms with Crippen molar-refractivity contribution in [2.45, 2.75) is 18.2 Å². The largest absolute Gasteiger partial charge is 0.313 e. The molecule has 1 aromatic rings. The number of hydrogen-bond donors (Lipinski definition) is 2. The Labute approximate surface area is 124 Å². The molecule has 0 radical (unpaired) electrons. The Bertz CT molecular complexity index is 602. The molecule has 0 atom stereocenters. The van der Waals surface area contributed by atoms with E-state index in [1.165, 1.54) is 12.1 Å². The second-order valence-electron chi connectivity index (χ2n) is 4.55. The Hall–Kier alpha value is -0.950. The van der Waals surface area contributed by atoms with Gasteiger partial charge >= 0.3 is 0 Å². The molecule has 0 saturated heterocycles. The van der Waals surface area contributed by atoms with Gasteiger partial charge in [-0.25, -0.2) is 17.5 Å². The second-order valence-corrected chi connectivity index (χ2v) is 6.29. The number of rotatable bonds is 4. The molecule has 0 aliphatic carbocycles. The van der Waals surface area contributed by atoms with E-state index in [2.05, 4.69) is 10.0 Å². The van der Waals surface area contributed by atoms with Crippen molar-refractivity contribution in [1.29, 1.82) is 0 Å². The minimum atomic E-state index is -3.58. The van der Waals surface area contributed by atoms with Gasteiger partial charge in [-0.05, 0) is 43.7 Å². The molecule has 0 saturated carbocycles. The number of hydrogen-bond acceptors (Lipinski definition) is 3. The van der Waals surface area contributed by atoms with E-state index >= 15 is 0 Å². The highest BCUT2D eigenvalue weighted by Gasteiger charge is 2.17. The first-order valence-corrected chi connectivity index (χ1v) is 7.62. The van der Waals surface area contributed by atoms with Crippen LogP contribution in [0.5, 0.6) is 0 Å². The lowest BCUT2D eigenvalue weighted by Gasteiger charge is -2.15. The molecule has 1 aliphatic rings. The molecule has 1 aromatic carbocycles. The van der Waals surface area contributed by atoms with E-state index < -0.39 is 15.8 Å². The first-order valence-electron chi connectivity index (χ1n) is 6.13. The molecule has 112 valence electrons. The highest BCUT2D eigenvalue weighted by molar-refractivity contribution is 7.89. The average molecular weight is 321 g/mol. The standard InChI is InChI=1S/C13H17FN2O2S.ClH/c1-10-8-12(14)2-3-13(10)19(17,18)16-9-11-4-6-15-7-5-11;/h2-4,8,15-16H,5-7,9H2,1H3;1H. The normalized spacial score (nSPS) is 15.4. The van der Waals surface area contributed by atoms with E-state index in [0.29, 0.717) is 12.1 Å². The summed E-state index contributed by atoms with van der Waals surface area (Å²) in [6.45, 7) is 3.53. The zero-order chi connectivity index (χ0) is 13.9. The lowest BCUT2D eigenvalue weighted by atomic mass is 10.1. The minimum Gasteiger partial charge on any atom is -0.313 e. The molecule has 1 heterocycles. The average Bonchev–Trinajstić information content (AvgIpc) is 2.37. The lowest BCUT2D eigenvalue weighted by molar-refractivity contribution is 0.580. The topological polar surface area (TPSA) is 58.2 Å². The van der Waals surface area contributed by atoms with Gasteiger partial charge in [-0.15, -0.1) is 12.4 Å². The van der Waals surface area contributed by atoms with Gasteiger partial charge in [0.05, 0.1) is 4.90 Å². The predicted octanol–water partition coefficient (Wildman–Crippen LogP) is 1.75. The van der Waals surface area contributed by atoms with E-state index in [9.17, 15) is 12.8 Å². The van der Waals surface area contributed by atoms with Crippen molar-refractivity contribution in [1.82, 2.24) is 10.0 Å². The molecule has 2 N–H and O–H groups in total. The van der Waals surface area contributed by atoms with Gasteiger partial charge in [0.2, 0.25) is 10.0 Å². The molecular weight excluding hydrogens is 303 g/mol. The molecule has 4 nitrogen and oxygen atoms in total. The van der Waals surface area contributed by atoms with Gasteiger partial charge in [-0.1, -0.05) is 11.6 Å². The van der Waals surface area contributed by atoms with Crippen LogP contribution in [0, 0.1) is 12.7 Å². The van der Waals surface area contributed by atoms with Crippen LogP contribution in [-0.4, -0.2) is 28.1 Å². The number of aryl methyl sites for hydroxylation is 1. The summed E-state index contributed by atoms with van der Waals surface area (Å²) in [4.78, 5) is 0.128. The van der Waals surface area contributed by atoms with E-state index in [-0.39, 0.29) is 17.3 Å². The summed E-state index contributed by atoms with van der Waals surface area (Å²) in [5, 5.41) is 3.16. The monoisotopic (exact) mass is 320 g/mol. The third-order valence-electron chi connectivity index (χ3n) is 3.07. The quantitative estimate of drug-likeness (QED) is 0.831. The highest BCUT2D eigenvalue weighted by atomic mass is 35.5. The molecule has 0 bridgehead atoms. The highest BCUT2D eigenvalue weighted by Crippen LogP contribution is 2.16. The van der Waals surface area contributed by atoms with Crippen LogP contribution in [0.4, 0.5) is 4.39 Å². The van der Waals surface area contributed by atoms with Gasteiger partial charge in [0.25, 0.3) is 0 Å². The zero-order valence-corrected chi connectivity index (χ0v) is 12.8. The van der Waals surface area contributed by atoms with Gasteiger partial charge in [-0.3, -0.25) is 0 Å². The predicted molar refractivity (Wildman–Crippen MR) is 79.1 cm³/mol. The molecule has 0 spiro atoms. The van der Waals surface area contributed by atoms with Gasteiger partial charge < -0.3 is 5.32 Å². The molecule has 0 fully saturated rings. The fourth-order valence-corrected chi connectivity index (χ4v) is 3.27. The van der Waals surface area contributed by atoms with Gasteiger partial charge in [0.15, 0.2) is 0 Å². The Morgan fingerprint density at radius 3 is 2.75 bits per heavy atom. The Morgan fingerprint density at radius 1 is 1.40 bits per heavy atom. The number of halogens is 2. The number of benzene rings is 1. The molecule has 0 unspecified atom stereocenters. The van der Waals surface area contributed by atoms with Gasteiger partial charge in [0.1, 0.15) is 5.82 Å². The molecule has 0 aromatic heterocycles. The van der Waals surface area contributed by atoms with Crippen molar-refractivity contribution in [2.75, 3.05) is 19.6 Å². The smallest absolute Gasteiger partial charge is 0.241 e. The van der Waals surface area contributed by atoms with Crippen LogP contribution in [0.15, 0.2) is 34.7 Å². The maximum absolute atomic E-state index is 13.0. The number of nitrogens with one attached hydrogen (secondary N) is 2. The Kier molecular flexibility index (Phi) is 6.13. The van der Waals surface area contributed by atoms with Crippen molar-refractivity contribution in [2.24, 2.45) is 0 Å². The maximum Gasteiger partial charge on any atom is 0.241 e. The van der Waals surface area contributed by atoms with Crippen molar-refractivity contribution in [3.8, 4) is 0 Å². The minimum absolute atomic E-state index is 0. The van der Waals surface area contributed by atoms with Crippen molar-refractivity contribution in [3.63, 3.8) is 0 Å². The zero-order valence-electron chi connectivity index (χ0n) is 11.1. The third kappa shape index (κ3) is 4.28. The van der Waals surface area contributed by atoms with Gasteiger partial charge in [0, 0.05) is 13.1 Å². The van der Waals surface area contributed by atoms with Crippen molar-refractivity contribution in [3.05, 3.63) is 41.2 Å². The van der Waals surface area contributed by atoms with E-state index in [4.69, 9.17) is 0 Å².